The van der Waals surface area contributed by atoms with Gasteiger partial charge in [-0.3, -0.25) is 0 Å². The molecule has 0 atom stereocenters. The molecule has 2 aromatic carbocycles. The Morgan fingerprint density at radius 3 is 2.93 bits per heavy atom. The van der Waals surface area contributed by atoms with Crippen LogP contribution in [0.4, 0.5) is 0 Å². The summed E-state index contributed by atoms with van der Waals surface area (Å²) in [5, 5.41) is 7.55. The monoisotopic (exact) mass is 309 g/mol. The molecule has 0 unspecified atom stereocenters. The number of fused-ring (bicyclic) bond motifs is 3. The Morgan fingerprint density at radius 1 is 1.20 bits per heavy atom. The topological polar surface area (TPSA) is 26.0 Å². The summed E-state index contributed by atoms with van der Waals surface area (Å²) in [4.78, 5) is 0. The standard InChI is InChI=1S/C12H8INO/c1-7-2-4-9-8(6-7)3-5-10-11(9)12(13)14-15-10/h2-6H,1H3. The van der Waals surface area contributed by atoms with Crippen LogP contribution in [0.2, 0.25) is 0 Å². The van der Waals surface area contributed by atoms with E-state index >= 15 is 0 Å². The van der Waals surface area contributed by atoms with Crippen molar-refractivity contribution >= 4 is 44.3 Å². The predicted octanol–water partition coefficient (Wildman–Crippen LogP) is 3.89. The highest BCUT2D eigenvalue weighted by molar-refractivity contribution is 14.1. The van der Waals surface area contributed by atoms with Gasteiger partial charge < -0.3 is 4.52 Å². The van der Waals surface area contributed by atoms with E-state index in [-0.39, 0.29) is 0 Å². The maximum Gasteiger partial charge on any atom is 0.168 e. The third kappa shape index (κ3) is 1.33. The summed E-state index contributed by atoms with van der Waals surface area (Å²) < 4.78 is 6.16. The van der Waals surface area contributed by atoms with Crippen molar-refractivity contribution in [2.24, 2.45) is 0 Å². The van der Waals surface area contributed by atoms with Crippen LogP contribution in [0.5, 0.6) is 0 Å². The third-order valence-electron chi connectivity index (χ3n) is 2.57. The zero-order valence-corrected chi connectivity index (χ0v) is 10.3. The molecule has 3 aromatic rings. The van der Waals surface area contributed by atoms with Crippen molar-refractivity contribution in [1.29, 1.82) is 0 Å². The Kier molecular flexibility index (Phi) is 1.95. The van der Waals surface area contributed by atoms with Crippen molar-refractivity contribution in [3.8, 4) is 0 Å². The Balaban J connectivity index is 2.58. The molecule has 0 bridgehead atoms. The molecule has 0 aliphatic carbocycles. The highest BCUT2D eigenvalue weighted by Gasteiger charge is 2.08. The van der Waals surface area contributed by atoms with E-state index in [1.165, 1.54) is 16.3 Å². The Labute approximate surface area is 100 Å². The number of aromatic nitrogens is 1. The number of halogens is 1. The van der Waals surface area contributed by atoms with E-state index in [1.807, 2.05) is 6.07 Å². The Hall–Kier alpha value is -1.10. The zero-order chi connectivity index (χ0) is 10.4. The molecule has 74 valence electrons. The van der Waals surface area contributed by atoms with Crippen molar-refractivity contribution in [2.45, 2.75) is 6.92 Å². The lowest BCUT2D eigenvalue weighted by molar-refractivity contribution is 0.451. The van der Waals surface area contributed by atoms with Crippen molar-refractivity contribution in [3.05, 3.63) is 39.6 Å². The summed E-state index contributed by atoms with van der Waals surface area (Å²) in [7, 11) is 0. The number of benzene rings is 2. The molecule has 0 saturated carbocycles. The van der Waals surface area contributed by atoms with Crippen molar-refractivity contribution in [2.75, 3.05) is 0 Å². The highest BCUT2D eigenvalue weighted by Crippen LogP contribution is 2.29. The summed E-state index contributed by atoms with van der Waals surface area (Å²) in [5.41, 5.74) is 2.13. The smallest absolute Gasteiger partial charge is 0.168 e. The summed E-state index contributed by atoms with van der Waals surface area (Å²) >= 11 is 2.21. The van der Waals surface area contributed by atoms with Gasteiger partial charge >= 0.3 is 0 Å². The quantitative estimate of drug-likeness (QED) is 0.589. The second-order valence-electron chi connectivity index (χ2n) is 3.64. The number of rotatable bonds is 0. The first kappa shape index (κ1) is 9.15. The van der Waals surface area contributed by atoms with Gasteiger partial charge in [0.25, 0.3) is 0 Å². The van der Waals surface area contributed by atoms with E-state index in [1.54, 1.807) is 0 Å². The summed E-state index contributed by atoms with van der Waals surface area (Å²) in [6.07, 6.45) is 0. The lowest BCUT2D eigenvalue weighted by Crippen LogP contribution is -1.78. The molecule has 0 fully saturated rings. The van der Waals surface area contributed by atoms with Crippen LogP contribution in [0, 0.1) is 10.6 Å². The molecule has 0 amide bonds. The van der Waals surface area contributed by atoms with Crippen LogP contribution in [-0.2, 0) is 0 Å². The van der Waals surface area contributed by atoms with Crippen LogP contribution in [0.3, 0.4) is 0 Å². The molecule has 0 spiro atoms. The van der Waals surface area contributed by atoms with Gasteiger partial charge in [0.2, 0.25) is 0 Å². The third-order valence-corrected chi connectivity index (χ3v) is 3.30. The van der Waals surface area contributed by atoms with Gasteiger partial charge in [0, 0.05) is 0 Å². The van der Waals surface area contributed by atoms with Crippen molar-refractivity contribution in [3.63, 3.8) is 0 Å². The van der Waals surface area contributed by atoms with E-state index < -0.39 is 0 Å². The fourth-order valence-corrected chi connectivity index (χ4v) is 2.51. The van der Waals surface area contributed by atoms with Crippen LogP contribution in [0.25, 0.3) is 21.7 Å². The van der Waals surface area contributed by atoms with Crippen LogP contribution >= 0.6 is 22.6 Å². The minimum atomic E-state index is 0.857. The van der Waals surface area contributed by atoms with E-state index in [0.29, 0.717) is 0 Å². The van der Waals surface area contributed by atoms with Gasteiger partial charge in [-0.2, -0.15) is 0 Å². The van der Waals surface area contributed by atoms with E-state index in [0.717, 1.165) is 14.7 Å². The molecular weight excluding hydrogens is 301 g/mol. The molecule has 0 aliphatic heterocycles. The fourth-order valence-electron chi connectivity index (χ4n) is 1.85. The largest absolute Gasteiger partial charge is 0.355 e. The molecule has 0 aliphatic rings. The molecule has 1 heterocycles. The van der Waals surface area contributed by atoms with Crippen LogP contribution in [0.15, 0.2) is 34.9 Å². The van der Waals surface area contributed by atoms with Gasteiger partial charge in [-0.15, -0.1) is 0 Å². The average Bonchev–Trinajstić information content (AvgIpc) is 2.60. The molecule has 1 aromatic heterocycles. The van der Waals surface area contributed by atoms with Crippen LogP contribution in [-0.4, -0.2) is 5.16 Å². The van der Waals surface area contributed by atoms with Gasteiger partial charge in [0.15, 0.2) is 9.28 Å². The van der Waals surface area contributed by atoms with Crippen LogP contribution < -0.4 is 0 Å². The molecule has 3 heteroatoms. The molecular formula is C12H8INO. The number of hydrogen-bond acceptors (Lipinski definition) is 2. The predicted molar refractivity (Wildman–Crippen MR) is 69.0 cm³/mol. The van der Waals surface area contributed by atoms with E-state index in [4.69, 9.17) is 4.52 Å². The number of hydrogen-bond donors (Lipinski definition) is 0. The molecule has 2 nitrogen and oxygen atoms in total. The van der Waals surface area contributed by atoms with Crippen molar-refractivity contribution < 1.29 is 4.52 Å². The van der Waals surface area contributed by atoms with E-state index in [9.17, 15) is 0 Å². The minimum Gasteiger partial charge on any atom is -0.355 e. The van der Waals surface area contributed by atoms with Gasteiger partial charge in [0.1, 0.15) is 0 Å². The van der Waals surface area contributed by atoms with Crippen molar-refractivity contribution in [1.82, 2.24) is 5.16 Å². The van der Waals surface area contributed by atoms with Crippen LogP contribution in [0.1, 0.15) is 5.56 Å². The van der Waals surface area contributed by atoms with Gasteiger partial charge in [-0.1, -0.05) is 35.0 Å². The molecule has 0 N–H and O–H groups in total. The summed E-state index contributed by atoms with van der Waals surface area (Å²) in [6.45, 7) is 2.10. The van der Waals surface area contributed by atoms with Gasteiger partial charge in [-0.25, -0.2) is 0 Å². The van der Waals surface area contributed by atoms with Gasteiger partial charge in [-0.05, 0) is 46.4 Å². The minimum absolute atomic E-state index is 0.857. The zero-order valence-electron chi connectivity index (χ0n) is 8.12. The maximum atomic E-state index is 5.23. The molecule has 0 radical (unpaired) electrons. The fraction of sp³-hybridized carbons (Fsp3) is 0.0833. The second kappa shape index (κ2) is 3.20. The molecule has 0 saturated heterocycles. The Morgan fingerprint density at radius 2 is 2.07 bits per heavy atom. The first-order chi connectivity index (χ1) is 7.25. The lowest BCUT2D eigenvalue weighted by atomic mass is 10.1. The maximum absolute atomic E-state index is 5.23. The molecule has 3 rings (SSSR count). The first-order valence-corrected chi connectivity index (χ1v) is 5.78. The number of nitrogens with zero attached hydrogens (tertiary/aromatic N) is 1. The highest BCUT2D eigenvalue weighted by atomic mass is 127. The molecule has 15 heavy (non-hydrogen) atoms. The summed E-state index contributed by atoms with van der Waals surface area (Å²) in [5.74, 6) is 0. The number of aryl methyl sites for hydroxylation is 1. The Bertz CT molecular complexity index is 657. The van der Waals surface area contributed by atoms with Gasteiger partial charge in [0.05, 0.1) is 5.39 Å². The summed E-state index contributed by atoms with van der Waals surface area (Å²) in [6, 6.07) is 10.5. The SMILES string of the molecule is Cc1ccc2c(ccc3onc(I)c32)c1. The normalized spacial score (nSPS) is 11.3. The second-order valence-corrected chi connectivity index (χ2v) is 4.66. The van der Waals surface area contributed by atoms with E-state index in [2.05, 4.69) is 58.9 Å². The first-order valence-electron chi connectivity index (χ1n) is 4.70. The average molecular weight is 309 g/mol. The lowest BCUT2D eigenvalue weighted by Gasteiger charge is -1.99.